The van der Waals surface area contributed by atoms with E-state index in [1.54, 1.807) is 13.8 Å². The molecule has 26 heavy (non-hydrogen) atoms. The van der Waals surface area contributed by atoms with E-state index in [1.165, 1.54) is 0 Å². The van der Waals surface area contributed by atoms with Gasteiger partial charge in [0.25, 0.3) is 0 Å². The Morgan fingerprint density at radius 1 is 1.04 bits per heavy atom. The highest BCUT2D eigenvalue weighted by molar-refractivity contribution is 5.68. The maximum absolute atomic E-state index is 14.9. The molecule has 2 rings (SSSR count). The molecule has 0 heterocycles. The second-order valence-electron chi connectivity index (χ2n) is 6.89. The maximum atomic E-state index is 14.9. The SMILES string of the molecule is CC(C)(OCC(=O)O)C(F)CN(Cc1ccccc1)Cc1ccccc1. The van der Waals surface area contributed by atoms with Gasteiger partial charge in [0.05, 0.1) is 5.60 Å². The minimum atomic E-state index is -1.32. The minimum Gasteiger partial charge on any atom is -0.480 e. The van der Waals surface area contributed by atoms with E-state index in [-0.39, 0.29) is 6.54 Å². The molecule has 1 unspecified atom stereocenters. The first-order valence-electron chi connectivity index (χ1n) is 8.67. The number of alkyl halides is 1. The predicted octanol–water partition coefficient (Wildman–Crippen LogP) is 3.91. The van der Waals surface area contributed by atoms with Crippen LogP contribution >= 0.6 is 0 Å². The average Bonchev–Trinajstić information content (AvgIpc) is 2.61. The van der Waals surface area contributed by atoms with Gasteiger partial charge in [-0.15, -0.1) is 0 Å². The Hall–Kier alpha value is -2.24. The zero-order chi connectivity index (χ0) is 19.0. The van der Waals surface area contributed by atoms with E-state index in [0.717, 1.165) is 11.1 Å². The summed E-state index contributed by atoms with van der Waals surface area (Å²) in [5.41, 5.74) is 1.02. The van der Waals surface area contributed by atoms with Gasteiger partial charge in [-0.2, -0.15) is 0 Å². The van der Waals surface area contributed by atoms with Crippen molar-refractivity contribution in [2.45, 2.75) is 38.7 Å². The standard InChI is InChI=1S/C21H26FNO3/c1-21(2,26-16-20(24)25)19(22)15-23(13-17-9-5-3-6-10-17)14-18-11-7-4-8-12-18/h3-12,19H,13-16H2,1-2H3,(H,24,25). The third-order valence-corrected chi connectivity index (χ3v) is 4.24. The molecule has 0 radical (unpaired) electrons. The Labute approximate surface area is 154 Å². The van der Waals surface area contributed by atoms with Crippen LogP contribution < -0.4 is 0 Å². The number of carbonyl (C=O) groups is 1. The van der Waals surface area contributed by atoms with Crippen molar-refractivity contribution < 1.29 is 19.0 Å². The summed E-state index contributed by atoms with van der Waals surface area (Å²) in [5.74, 6) is -1.10. The number of carboxylic acids is 1. The third kappa shape index (κ3) is 6.58. The van der Waals surface area contributed by atoms with E-state index in [0.29, 0.717) is 13.1 Å². The average molecular weight is 359 g/mol. The lowest BCUT2D eigenvalue weighted by Crippen LogP contribution is -2.44. The number of ether oxygens (including phenoxy) is 1. The van der Waals surface area contributed by atoms with Crippen LogP contribution in [0.1, 0.15) is 25.0 Å². The van der Waals surface area contributed by atoms with Gasteiger partial charge in [-0.05, 0) is 25.0 Å². The van der Waals surface area contributed by atoms with Crippen LogP contribution in [0.25, 0.3) is 0 Å². The Balaban J connectivity index is 2.08. The minimum absolute atomic E-state index is 0.149. The molecule has 5 heteroatoms. The fourth-order valence-corrected chi connectivity index (χ4v) is 2.65. The number of rotatable bonds is 10. The summed E-state index contributed by atoms with van der Waals surface area (Å²) in [7, 11) is 0. The maximum Gasteiger partial charge on any atom is 0.329 e. The van der Waals surface area contributed by atoms with Crippen molar-refractivity contribution >= 4 is 5.97 Å². The molecule has 0 bridgehead atoms. The molecule has 2 aromatic carbocycles. The van der Waals surface area contributed by atoms with Gasteiger partial charge in [-0.25, -0.2) is 9.18 Å². The van der Waals surface area contributed by atoms with Gasteiger partial charge in [-0.1, -0.05) is 60.7 Å². The summed E-state index contributed by atoms with van der Waals surface area (Å²) in [6, 6.07) is 19.8. The number of hydrogen-bond acceptors (Lipinski definition) is 3. The zero-order valence-corrected chi connectivity index (χ0v) is 15.3. The van der Waals surface area contributed by atoms with E-state index in [1.807, 2.05) is 65.6 Å². The highest BCUT2D eigenvalue weighted by Crippen LogP contribution is 2.21. The Bertz CT molecular complexity index is 635. The van der Waals surface area contributed by atoms with Crippen LogP contribution in [-0.2, 0) is 22.6 Å². The van der Waals surface area contributed by atoms with Crippen molar-refractivity contribution in [2.75, 3.05) is 13.2 Å². The first-order valence-corrected chi connectivity index (χ1v) is 8.67. The van der Waals surface area contributed by atoms with E-state index in [2.05, 4.69) is 0 Å². The van der Waals surface area contributed by atoms with Gasteiger partial charge in [0, 0.05) is 19.6 Å². The van der Waals surface area contributed by atoms with Gasteiger partial charge >= 0.3 is 5.97 Å². The Morgan fingerprint density at radius 3 is 1.92 bits per heavy atom. The molecule has 1 N–H and O–H groups in total. The molecule has 0 amide bonds. The molecule has 0 aliphatic rings. The van der Waals surface area contributed by atoms with Gasteiger partial charge in [-0.3, -0.25) is 4.90 Å². The van der Waals surface area contributed by atoms with Crippen molar-refractivity contribution in [1.29, 1.82) is 0 Å². The summed E-state index contributed by atoms with van der Waals surface area (Å²) < 4.78 is 20.2. The number of hydrogen-bond donors (Lipinski definition) is 1. The fourth-order valence-electron chi connectivity index (χ4n) is 2.65. The number of benzene rings is 2. The van der Waals surface area contributed by atoms with Crippen LogP contribution in [0.5, 0.6) is 0 Å². The van der Waals surface area contributed by atoms with Crippen LogP contribution in [0.4, 0.5) is 4.39 Å². The van der Waals surface area contributed by atoms with Gasteiger partial charge in [0.1, 0.15) is 12.8 Å². The molecular formula is C21H26FNO3. The molecule has 0 fully saturated rings. The van der Waals surface area contributed by atoms with Crippen molar-refractivity contribution in [3.05, 3.63) is 71.8 Å². The summed E-state index contributed by atoms with van der Waals surface area (Å²) in [6.45, 7) is 4.02. The second-order valence-corrected chi connectivity index (χ2v) is 6.89. The second kappa shape index (κ2) is 9.46. The van der Waals surface area contributed by atoms with Crippen LogP contribution in [0, 0.1) is 0 Å². The quantitative estimate of drug-likeness (QED) is 0.699. The molecule has 0 aromatic heterocycles. The molecule has 4 nitrogen and oxygen atoms in total. The topological polar surface area (TPSA) is 49.8 Å². The van der Waals surface area contributed by atoms with Crippen molar-refractivity contribution in [3.63, 3.8) is 0 Å². The normalized spacial score (nSPS) is 12.9. The lowest BCUT2D eigenvalue weighted by molar-refractivity contribution is -0.152. The monoisotopic (exact) mass is 359 g/mol. The highest BCUT2D eigenvalue weighted by Gasteiger charge is 2.32. The molecular weight excluding hydrogens is 333 g/mol. The van der Waals surface area contributed by atoms with Crippen LogP contribution in [0.15, 0.2) is 60.7 Å². The summed E-state index contributed by atoms with van der Waals surface area (Å²) in [4.78, 5) is 12.7. The van der Waals surface area contributed by atoms with Gasteiger partial charge in [0.2, 0.25) is 0 Å². The van der Waals surface area contributed by atoms with Crippen molar-refractivity contribution in [3.8, 4) is 0 Å². The largest absolute Gasteiger partial charge is 0.480 e. The van der Waals surface area contributed by atoms with E-state index in [4.69, 9.17) is 9.84 Å². The number of aliphatic carboxylic acids is 1. The van der Waals surface area contributed by atoms with Gasteiger partial charge < -0.3 is 9.84 Å². The fraction of sp³-hybridized carbons (Fsp3) is 0.381. The van der Waals surface area contributed by atoms with E-state index >= 15 is 0 Å². The molecule has 0 aliphatic heterocycles. The zero-order valence-electron chi connectivity index (χ0n) is 15.3. The predicted molar refractivity (Wildman–Crippen MR) is 99.6 cm³/mol. The van der Waals surface area contributed by atoms with E-state index in [9.17, 15) is 9.18 Å². The van der Waals surface area contributed by atoms with Crippen LogP contribution in [0.2, 0.25) is 0 Å². The number of nitrogens with zero attached hydrogens (tertiary/aromatic N) is 1. The molecule has 0 saturated carbocycles. The first kappa shape index (κ1) is 20.1. The first-order chi connectivity index (χ1) is 12.4. The highest BCUT2D eigenvalue weighted by atomic mass is 19.1. The van der Waals surface area contributed by atoms with E-state index < -0.39 is 24.3 Å². The Kier molecular flexibility index (Phi) is 7.30. The molecule has 0 aliphatic carbocycles. The summed E-state index contributed by atoms with van der Waals surface area (Å²) in [6.07, 6.45) is -1.32. The lowest BCUT2D eigenvalue weighted by atomic mass is 10.0. The Morgan fingerprint density at radius 2 is 1.50 bits per heavy atom. The molecule has 2 aromatic rings. The summed E-state index contributed by atoms with van der Waals surface area (Å²) >= 11 is 0. The smallest absolute Gasteiger partial charge is 0.329 e. The van der Waals surface area contributed by atoms with Crippen molar-refractivity contribution in [2.24, 2.45) is 0 Å². The van der Waals surface area contributed by atoms with Crippen LogP contribution in [-0.4, -0.2) is 40.9 Å². The number of carboxylic acid groups (broad SMARTS) is 1. The lowest BCUT2D eigenvalue weighted by Gasteiger charge is -2.33. The van der Waals surface area contributed by atoms with Crippen LogP contribution in [0.3, 0.4) is 0 Å². The molecule has 0 saturated heterocycles. The molecule has 1 atom stereocenters. The summed E-state index contributed by atoms with van der Waals surface area (Å²) in [5, 5.41) is 8.77. The van der Waals surface area contributed by atoms with Crippen molar-refractivity contribution in [1.82, 2.24) is 4.90 Å². The molecule has 0 spiro atoms. The number of halogens is 1. The van der Waals surface area contributed by atoms with Gasteiger partial charge in [0.15, 0.2) is 0 Å². The third-order valence-electron chi connectivity index (χ3n) is 4.24. The molecule has 140 valence electrons.